The molecule has 3 nitrogen and oxygen atoms in total. The van der Waals surface area contributed by atoms with Crippen LogP contribution in [-0.2, 0) is 6.42 Å². The Morgan fingerprint density at radius 1 is 1.47 bits per heavy atom. The lowest BCUT2D eigenvalue weighted by atomic mass is 9.81. The molecule has 82 valence electrons. The van der Waals surface area contributed by atoms with Gasteiger partial charge in [0.05, 0.1) is 10.6 Å². The van der Waals surface area contributed by atoms with Crippen molar-refractivity contribution in [3.8, 4) is 0 Å². The summed E-state index contributed by atoms with van der Waals surface area (Å²) in [6, 6.07) is 0. The van der Waals surface area contributed by atoms with Crippen molar-refractivity contribution >= 4 is 22.2 Å². The Bertz CT molecular complexity index is 411. The number of amides is 1. The molecule has 4 heteroatoms. The molecule has 1 heterocycles. The van der Waals surface area contributed by atoms with E-state index < -0.39 is 0 Å². The van der Waals surface area contributed by atoms with E-state index in [0.717, 1.165) is 18.4 Å². The maximum absolute atomic E-state index is 11.3. The summed E-state index contributed by atoms with van der Waals surface area (Å²) in [6.07, 6.45) is 2.14. The molecule has 0 saturated heterocycles. The van der Waals surface area contributed by atoms with E-state index in [4.69, 9.17) is 11.5 Å². The first kappa shape index (κ1) is 10.5. The van der Waals surface area contributed by atoms with E-state index in [1.807, 2.05) is 0 Å². The zero-order valence-electron chi connectivity index (χ0n) is 9.04. The zero-order valence-corrected chi connectivity index (χ0v) is 9.86. The van der Waals surface area contributed by atoms with Gasteiger partial charge in [-0.1, -0.05) is 13.8 Å². The average Bonchev–Trinajstić information content (AvgIpc) is 2.40. The van der Waals surface area contributed by atoms with E-state index in [-0.39, 0.29) is 5.91 Å². The van der Waals surface area contributed by atoms with Crippen LogP contribution in [0.3, 0.4) is 0 Å². The summed E-state index contributed by atoms with van der Waals surface area (Å²) in [5.41, 5.74) is 12.9. The van der Waals surface area contributed by atoms with Crippen molar-refractivity contribution < 1.29 is 4.79 Å². The van der Waals surface area contributed by atoms with Gasteiger partial charge < -0.3 is 11.5 Å². The second-order valence-electron chi connectivity index (χ2n) is 4.49. The molecule has 15 heavy (non-hydrogen) atoms. The molecule has 0 radical (unpaired) electrons. The summed E-state index contributed by atoms with van der Waals surface area (Å²) in [5.74, 6) is 0.692. The first-order chi connectivity index (χ1) is 7.00. The molecule has 4 N–H and O–H groups in total. The lowest BCUT2D eigenvalue weighted by Gasteiger charge is -2.24. The lowest BCUT2D eigenvalue weighted by Crippen LogP contribution is -2.19. The van der Waals surface area contributed by atoms with Crippen LogP contribution in [0.5, 0.6) is 0 Å². The van der Waals surface area contributed by atoms with Gasteiger partial charge in [0, 0.05) is 4.88 Å². The molecule has 1 aromatic heterocycles. The Balaban J connectivity index is 2.56. The number of primary amides is 1. The molecule has 0 bridgehead atoms. The minimum Gasteiger partial charge on any atom is -0.390 e. The van der Waals surface area contributed by atoms with Crippen LogP contribution in [-0.4, -0.2) is 5.91 Å². The predicted molar refractivity (Wildman–Crippen MR) is 63.1 cm³/mol. The summed E-state index contributed by atoms with van der Waals surface area (Å²) >= 11 is 1.53. The van der Waals surface area contributed by atoms with Crippen molar-refractivity contribution in [2.75, 3.05) is 5.73 Å². The van der Waals surface area contributed by atoms with Crippen molar-refractivity contribution in [2.45, 2.75) is 32.6 Å². The molecular weight excluding hydrogens is 208 g/mol. The average molecular weight is 224 g/mol. The molecule has 0 aliphatic heterocycles. The summed E-state index contributed by atoms with van der Waals surface area (Å²) in [7, 11) is 0. The maximum atomic E-state index is 11.3. The minimum absolute atomic E-state index is 0.383. The highest BCUT2D eigenvalue weighted by Crippen LogP contribution is 2.43. The van der Waals surface area contributed by atoms with Crippen LogP contribution in [0.1, 0.15) is 47.0 Å². The van der Waals surface area contributed by atoms with E-state index in [1.54, 1.807) is 0 Å². The van der Waals surface area contributed by atoms with Crippen LogP contribution in [0, 0.1) is 5.92 Å². The van der Waals surface area contributed by atoms with Crippen molar-refractivity contribution in [3.63, 3.8) is 0 Å². The van der Waals surface area contributed by atoms with Gasteiger partial charge in [0.15, 0.2) is 0 Å². The quantitative estimate of drug-likeness (QED) is 0.767. The smallest absolute Gasteiger partial charge is 0.251 e. The Kier molecular flexibility index (Phi) is 2.46. The lowest BCUT2D eigenvalue weighted by molar-refractivity contribution is 0.1000. The first-order valence-corrected chi connectivity index (χ1v) is 6.03. The Morgan fingerprint density at radius 3 is 2.73 bits per heavy atom. The van der Waals surface area contributed by atoms with Gasteiger partial charge in [-0.05, 0) is 30.2 Å². The molecule has 1 aromatic rings. The normalized spacial score (nSPS) is 24.9. The highest BCUT2D eigenvalue weighted by molar-refractivity contribution is 7.16. The number of carbonyl (C=O) groups excluding carboxylic acids is 1. The number of nitrogens with two attached hydrogens (primary N) is 2. The van der Waals surface area contributed by atoms with Crippen molar-refractivity contribution in [1.29, 1.82) is 0 Å². The van der Waals surface area contributed by atoms with Crippen LogP contribution >= 0.6 is 11.3 Å². The minimum atomic E-state index is -0.383. The molecule has 1 amide bonds. The van der Waals surface area contributed by atoms with E-state index in [0.29, 0.717) is 22.4 Å². The molecular formula is C11H16N2OS. The van der Waals surface area contributed by atoms with Gasteiger partial charge in [0.2, 0.25) is 0 Å². The number of hydrogen-bond donors (Lipinski definition) is 2. The summed E-state index contributed by atoms with van der Waals surface area (Å²) < 4.78 is 0. The number of rotatable bonds is 1. The van der Waals surface area contributed by atoms with Crippen LogP contribution in [0.4, 0.5) is 5.00 Å². The summed E-state index contributed by atoms with van der Waals surface area (Å²) in [4.78, 5) is 12.6. The summed E-state index contributed by atoms with van der Waals surface area (Å²) in [5, 5.41) is 0.591. The van der Waals surface area contributed by atoms with E-state index in [9.17, 15) is 4.79 Å². The third-order valence-corrected chi connectivity index (χ3v) is 4.14. The molecule has 0 spiro atoms. The van der Waals surface area contributed by atoms with E-state index >= 15 is 0 Å². The van der Waals surface area contributed by atoms with Gasteiger partial charge in [-0.15, -0.1) is 11.3 Å². The predicted octanol–water partition coefficient (Wildman–Crippen LogP) is 2.12. The molecule has 2 rings (SSSR count). The number of carbonyl (C=O) groups is 1. The fraction of sp³-hybridized carbons (Fsp3) is 0.545. The van der Waals surface area contributed by atoms with E-state index in [2.05, 4.69) is 13.8 Å². The van der Waals surface area contributed by atoms with Gasteiger partial charge in [-0.25, -0.2) is 0 Å². The van der Waals surface area contributed by atoms with Crippen LogP contribution in [0.2, 0.25) is 0 Å². The number of nitrogen functional groups attached to an aromatic ring is 1. The van der Waals surface area contributed by atoms with Crippen LogP contribution in [0.15, 0.2) is 0 Å². The SMILES string of the molecule is CC1Cc2sc(N)c(C(N)=O)c2C(C)C1. The highest BCUT2D eigenvalue weighted by atomic mass is 32.1. The Hall–Kier alpha value is -1.03. The molecule has 2 unspecified atom stereocenters. The number of fused-ring (bicyclic) bond motifs is 1. The largest absolute Gasteiger partial charge is 0.390 e. The maximum Gasteiger partial charge on any atom is 0.251 e. The van der Waals surface area contributed by atoms with Crippen molar-refractivity contribution in [2.24, 2.45) is 11.7 Å². The fourth-order valence-electron chi connectivity index (χ4n) is 2.56. The Labute approximate surface area is 93.5 Å². The van der Waals surface area contributed by atoms with Gasteiger partial charge in [0.1, 0.15) is 0 Å². The topological polar surface area (TPSA) is 69.1 Å². The van der Waals surface area contributed by atoms with Gasteiger partial charge in [-0.3, -0.25) is 4.79 Å². The van der Waals surface area contributed by atoms with Gasteiger partial charge >= 0.3 is 0 Å². The molecule has 1 aliphatic carbocycles. The molecule has 0 aromatic carbocycles. The molecule has 0 saturated carbocycles. The second kappa shape index (κ2) is 3.52. The first-order valence-electron chi connectivity index (χ1n) is 5.21. The van der Waals surface area contributed by atoms with E-state index in [1.165, 1.54) is 16.2 Å². The molecule has 0 fully saturated rings. The fourth-order valence-corrected chi connectivity index (χ4v) is 3.92. The highest BCUT2D eigenvalue weighted by Gasteiger charge is 2.29. The third kappa shape index (κ3) is 1.63. The van der Waals surface area contributed by atoms with Crippen molar-refractivity contribution in [3.05, 3.63) is 16.0 Å². The number of thiophene rings is 1. The number of anilines is 1. The van der Waals surface area contributed by atoms with Gasteiger partial charge in [0.25, 0.3) is 5.91 Å². The second-order valence-corrected chi connectivity index (χ2v) is 5.63. The molecule has 1 aliphatic rings. The van der Waals surface area contributed by atoms with Crippen molar-refractivity contribution in [1.82, 2.24) is 0 Å². The summed E-state index contributed by atoms with van der Waals surface area (Å²) in [6.45, 7) is 4.38. The van der Waals surface area contributed by atoms with Crippen LogP contribution < -0.4 is 11.5 Å². The van der Waals surface area contributed by atoms with Crippen LogP contribution in [0.25, 0.3) is 0 Å². The number of hydrogen-bond acceptors (Lipinski definition) is 3. The zero-order chi connectivity index (χ0) is 11.2. The standard InChI is InChI=1S/C11H16N2OS/c1-5-3-6(2)8-7(4-5)15-11(13)9(8)10(12)14/h5-6H,3-4,13H2,1-2H3,(H2,12,14). The Morgan fingerprint density at radius 2 is 2.13 bits per heavy atom. The molecule has 2 atom stereocenters. The monoisotopic (exact) mass is 224 g/mol. The van der Waals surface area contributed by atoms with Gasteiger partial charge in [-0.2, -0.15) is 0 Å². The third-order valence-electron chi connectivity index (χ3n) is 3.08.